The van der Waals surface area contributed by atoms with Crippen molar-refractivity contribution in [3.63, 3.8) is 0 Å². The molecular formula is C15H18BrNO3. The molecule has 1 aromatic rings. The number of ketones is 1. The number of ether oxygens (including phenoxy) is 1. The lowest BCUT2D eigenvalue weighted by molar-refractivity contribution is -0.114. The van der Waals surface area contributed by atoms with Crippen LogP contribution in [0.3, 0.4) is 0 Å². The number of fused-ring (bicyclic) bond motifs is 1. The highest BCUT2D eigenvalue weighted by Gasteiger charge is 2.36. The van der Waals surface area contributed by atoms with E-state index in [-0.39, 0.29) is 0 Å². The van der Waals surface area contributed by atoms with E-state index in [0.717, 1.165) is 15.7 Å². The van der Waals surface area contributed by atoms with Crippen LogP contribution in [-0.2, 0) is 9.53 Å². The SMILES string of the molecule is Cc1cc(Br)cc2c1N(CCOCC(C)C)C(=O)C2=O. The highest BCUT2D eigenvalue weighted by Crippen LogP contribution is 2.34. The van der Waals surface area contributed by atoms with Crippen LogP contribution in [0.5, 0.6) is 0 Å². The van der Waals surface area contributed by atoms with Crippen LogP contribution in [-0.4, -0.2) is 31.4 Å². The van der Waals surface area contributed by atoms with Crippen LogP contribution >= 0.6 is 15.9 Å². The molecule has 0 aromatic heterocycles. The van der Waals surface area contributed by atoms with Gasteiger partial charge in [0.25, 0.3) is 11.7 Å². The molecule has 0 radical (unpaired) electrons. The molecule has 0 atom stereocenters. The van der Waals surface area contributed by atoms with Crippen LogP contribution in [0.2, 0.25) is 0 Å². The topological polar surface area (TPSA) is 46.6 Å². The largest absolute Gasteiger partial charge is 0.379 e. The predicted molar refractivity (Wildman–Crippen MR) is 81.2 cm³/mol. The van der Waals surface area contributed by atoms with Gasteiger partial charge in [-0.05, 0) is 30.5 Å². The number of halogens is 1. The van der Waals surface area contributed by atoms with Gasteiger partial charge in [-0.15, -0.1) is 0 Å². The van der Waals surface area contributed by atoms with E-state index in [1.165, 1.54) is 4.90 Å². The molecular weight excluding hydrogens is 322 g/mol. The van der Waals surface area contributed by atoms with Gasteiger partial charge in [0.2, 0.25) is 0 Å². The molecule has 1 aliphatic rings. The summed E-state index contributed by atoms with van der Waals surface area (Å²) in [6.07, 6.45) is 0. The van der Waals surface area contributed by atoms with Crippen molar-refractivity contribution in [1.29, 1.82) is 0 Å². The van der Waals surface area contributed by atoms with Crippen LogP contribution in [0.4, 0.5) is 5.69 Å². The fourth-order valence-electron chi connectivity index (χ4n) is 2.29. The second kappa shape index (κ2) is 6.06. The van der Waals surface area contributed by atoms with Gasteiger partial charge in [-0.2, -0.15) is 0 Å². The van der Waals surface area contributed by atoms with E-state index in [9.17, 15) is 9.59 Å². The Balaban J connectivity index is 2.16. The Bertz CT molecular complexity index is 554. The number of aryl methyl sites for hydroxylation is 1. The highest BCUT2D eigenvalue weighted by atomic mass is 79.9. The maximum absolute atomic E-state index is 12.1. The number of hydrogen-bond donors (Lipinski definition) is 0. The van der Waals surface area contributed by atoms with Crippen molar-refractivity contribution in [3.8, 4) is 0 Å². The Labute approximate surface area is 127 Å². The fraction of sp³-hybridized carbons (Fsp3) is 0.467. The minimum absolute atomic E-state index is 0.409. The molecule has 0 unspecified atom stereocenters. The Morgan fingerprint density at radius 2 is 2.00 bits per heavy atom. The number of carbonyl (C=O) groups excluding carboxylic acids is 2. The molecule has 0 aliphatic carbocycles. The molecule has 0 N–H and O–H groups in total. The molecule has 2 rings (SSSR count). The lowest BCUT2D eigenvalue weighted by atomic mass is 10.1. The third-order valence-corrected chi connectivity index (χ3v) is 3.59. The smallest absolute Gasteiger partial charge is 0.299 e. The van der Waals surface area contributed by atoms with Crippen LogP contribution in [0.25, 0.3) is 0 Å². The number of hydrogen-bond acceptors (Lipinski definition) is 3. The summed E-state index contributed by atoms with van der Waals surface area (Å²) in [4.78, 5) is 25.6. The monoisotopic (exact) mass is 339 g/mol. The van der Waals surface area contributed by atoms with Gasteiger partial charge in [-0.3, -0.25) is 9.59 Å². The number of amides is 1. The second-order valence-corrected chi connectivity index (χ2v) is 6.29. The van der Waals surface area contributed by atoms with Gasteiger partial charge in [0.15, 0.2) is 0 Å². The van der Waals surface area contributed by atoms with Gasteiger partial charge >= 0.3 is 0 Å². The lowest BCUT2D eigenvalue weighted by Crippen LogP contribution is -2.33. The van der Waals surface area contributed by atoms with Crippen molar-refractivity contribution in [2.45, 2.75) is 20.8 Å². The summed E-state index contributed by atoms with van der Waals surface area (Å²) < 4.78 is 6.32. The minimum Gasteiger partial charge on any atom is -0.379 e. The van der Waals surface area contributed by atoms with E-state index in [0.29, 0.717) is 31.2 Å². The van der Waals surface area contributed by atoms with Gasteiger partial charge in [0.05, 0.1) is 17.9 Å². The van der Waals surface area contributed by atoms with Crippen molar-refractivity contribution >= 4 is 33.3 Å². The van der Waals surface area contributed by atoms with Gasteiger partial charge in [-0.25, -0.2) is 0 Å². The third-order valence-electron chi connectivity index (χ3n) is 3.13. The second-order valence-electron chi connectivity index (χ2n) is 5.37. The number of Topliss-reactive ketones (excluding diaryl/α,β-unsaturated/α-hetero) is 1. The summed E-state index contributed by atoms with van der Waals surface area (Å²) in [6, 6.07) is 3.62. The Morgan fingerprint density at radius 3 is 2.65 bits per heavy atom. The van der Waals surface area contributed by atoms with E-state index in [2.05, 4.69) is 29.8 Å². The maximum atomic E-state index is 12.1. The molecule has 0 saturated heterocycles. The van der Waals surface area contributed by atoms with E-state index in [1.807, 2.05) is 13.0 Å². The van der Waals surface area contributed by atoms with Crippen LogP contribution in [0.15, 0.2) is 16.6 Å². The molecule has 0 fully saturated rings. The van der Waals surface area contributed by atoms with Crippen LogP contribution in [0.1, 0.15) is 29.8 Å². The summed E-state index contributed by atoms with van der Waals surface area (Å²) in [7, 11) is 0. The average molecular weight is 340 g/mol. The number of anilines is 1. The molecule has 0 saturated carbocycles. The number of benzene rings is 1. The fourth-order valence-corrected chi connectivity index (χ4v) is 2.87. The first-order valence-electron chi connectivity index (χ1n) is 6.66. The predicted octanol–water partition coefficient (Wildman–Crippen LogP) is 2.96. The van der Waals surface area contributed by atoms with Crippen molar-refractivity contribution < 1.29 is 14.3 Å². The molecule has 0 bridgehead atoms. The quantitative estimate of drug-likeness (QED) is 0.612. The third kappa shape index (κ3) is 2.94. The standard InChI is InChI=1S/C15H18BrNO3/c1-9(2)8-20-5-4-17-13-10(3)6-11(16)7-12(13)14(18)15(17)19/h6-7,9H,4-5,8H2,1-3H3. The minimum atomic E-state index is -0.464. The average Bonchev–Trinajstić information content (AvgIpc) is 2.59. The van der Waals surface area contributed by atoms with E-state index in [1.54, 1.807) is 6.07 Å². The molecule has 1 aliphatic heterocycles. The number of nitrogens with zero attached hydrogens (tertiary/aromatic N) is 1. The first-order chi connectivity index (χ1) is 9.41. The zero-order valence-corrected chi connectivity index (χ0v) is 13.5. The molecule has 1 heterocycles. The van der Waals surface area contributed by atoms with Crippen LogP contribution in [0, 0.1) is 12.8 Å². The van der Waals surface area contributed by atoms with Gasteiger partial charge in [0.1, 0.15) is 0 Å². The molecule has 4 nitrogen and oxygen atoms in total. The van der Waals surface area contributed by atoms with Crippen molar-refractivity contribution in [3.05, 3.63) is 27.7 Å². The van der Waals surface area contributed by atoms with Crippen molar-refractivity contribution in [1.82, 2.24) is 0 Å². The Hall–Kier alpha value is -1.20. The number of rotatable bonds is 5. The summed E-state index contributed by atoms with van der Waals surface area (Å²) in [6.45, 7) is 7.54. The van der Waals surface area contributed by atoms with E-state index >= 15 is 0 Å². The van der Waals surface area contributed by atoms with Gasteiger partial charge < -0.3 is 9.64 Å². The highest BCUT2D eigenvalue weighted by molar-refractivity contribution is 9.10. The normalized spacial score (nSPS) is 14.3. The molecule has 1 aromatic carbocycles. The Kier molecular flexibility index (Phi) is 4.60. The van der Waals surface area contributed by atoms with Crippen molar-refractivity contribution in [2.75, 3.05) is 24.7 Å². The molecule has 0 spiro atoms. The lowest BCUT2D eigenvalue weighted by Gasteiger charge is -2.19. The molecule has 5 heteroatoms. The summed E-state index contributed by atoms with van der Waals surface area (Å²) >= 11 is 3.36. The first kappa shape index (κ1) is 15.2. The first-order valence-corrected chi connectivity index (χ1v) is 7.45. The zero-order chi connectivity index (χ0) is 14.9. The summed E-state index contributed by atoms with van der Waals surface area (Å²) in [5.74, 6) is -0.446. The van der Waals surface area contributed by atoms with Crippen LogP contribution < -0.4 is 4.90 Å². The van der Waals surface area contributed by atoms with Gasteiger partial charge in [0, 0.05) is 17.6 Å². The molecule has 1 amide bonds. The zero-order valence-electron chi connectivity index (χ0n) is 11.9. The molecule has 108 valence electrons. The van der Waals surface area contributed by atoms with Crippen molar-refractivity contribution in [2.24, 2.45) is 5.92 Å². The van der Waals surface area contributed by atoms with E-state index in [4.69, 9.17) is 4.74 Å². The van der Waals surface area contributed by atoms with Gasteiger partial charge in [-0.1, -0.05) is 29.8 Å². The maximum Gasteiger partial charge on any atom is 0.299 e. The Morgan fingerprint density at radius 1 is 1.30 bits per heavy atom. The molecule has 20 heavy (non-hydrogen) atoms. The van der Waals surface area contributed by atoms with E-state index < -0.39 is 11.7 Å². The summed E-state index contributed by atoms with van der Waals surface area (Å²) in [5.41, 5.74) is 2.11. The number of carbonyl (C=O) groups is 2. The summed E-state index contributed by atoms with van der Waals surface area (Å²) in [5, 5.41) is 0.